The Morgan fingerprint density at radius 1 is 1.56 bits per heavy atom. The second kappa shape index (κ2) is 5.93. The first-order valence-corrected chi connectivity index (χ1v) is 4.25. The Bertz CT molecular complexity index is 322. The standard InChI is InChI=1S/C9H12F2N2O2.ClH/c1-15-7-3-2-6(4-13-7)8(12)9(10,11)5-14;/h2-4,8,14H,5,12H2,1H3;1H/t8-;/m1./s1. The number of hydrogen-bond donors (Lipinski definition) is 2. The fraction of sp³-hybridized carbons (Fsp3) is 0.444. The fourth-order valence-corrected chi connectivity index (χ4v) is 1.04. The predicted molar refractivity (Wildman–Crippen MR) is 57.0 cm³/mol. The number of halogens is 3. The summed E-state index contributed by atoms with van der Waals surface area (Å²) in [6, 6.07) is 1.25. The number of alkyl halides is 2. The van der Waals surface area contributed by atoms with Crippen LogP contribution in [0.4, 0.5) is 8.78 Å². The van der Waals surface area contributed by atoms with Crippen LogP contribution in [-0.4, -0.2) is 29.7 Å². The van der Waals surface area contributed by atoms with E-state index in [9.17, 15) is 8.78 Å². The Morgan fingerprint density at radius 3 is 2.56 bits per heavy atom. The van der Waals surface area contributed by atoms with Gasteiger partial charge in [0.25, 0.3) is 5.92 Å². The lowest BCUT2D eigenvalue weighted by Gasteiger charge is -2.21. The van der Waals surface area contributed by atoms with Gasteiger partial charge in [-0.25, -0.2) is 13.8 Å². The maximum absolute atomic E-state index is 13.0. The van der Waals surface area contributed by atoms with Crippen LogP contribution in [0.25, 0.3) is 0 Å². The van der Waals surface area contributed by atoms with E-state index in [0.29, 0.717) is 5.88 Å². The molecule has 1 aromatic rings. The van der Waals surface area contributed by atoms with Crippen LogP contribution < -0.4 is 10.5 Å². The number of aromatic nitrogens is 1. The second-order valence-electron chi connectivity index (χ2n) is 3.03. The van der Waals surface area contributed by atoms with Crippen molar-refractivity contribution in [3.8, 4) is 5.88 Å². The molecule has 0 saturated heterocycles. The van der Waals surface area contributed by atoms with Crippen molar-refractivity contribution in [2.45, 2.75) is 12.0 Å². The number of hydrogen-bond acceptors (Lipinski definition) is 4. The number of nitrogens with two attached hydrogens (primary N) is 1. The van der Waals surface area contributed by atoms with E-state index < -0.39 is 18.6 Å². The van der Waals surface area contributed by atoms with Crippen molar-refractivity contribution in [3.05, 3.63) is 23.9 Å². The normalized spacial score (nSPS) is 12.8. The van der Waals surface area contributed by atoms with Crippen molar-refractivity contribution < 1.29 is 18.6 Å². The van der Waals surface area contributed by atoms with Crippen LogP contribution in [-0.2, 0) is 0 Å². The van der Waals surface area contributed by atoms with Gasteiger partial charge < -0.3 is 15.6 Å². The Balaban J connectivity index is 0.00000225. The molecule has 0 fully saturated rings. The average Bonchev–Trinajstić information content (AvgIpc) is 2.28. The number of pyridine rings is 1. The smallest absolute Gasteiger partial charge is 0.289 e. The highest BCUT2D eigenvalue weighted by atomic mass is 35.5. The molecule has 1 heterocycles. The molecule has 3 N–H and O–H groups in total. The van der Waals surface area contributed by atoms with Gasteiger partial charge in [0.2, 0.25) is 5.88 Å². The Kier molecular flexibility index (Phi) is 5.57. The monoisotopic (exact) mass is 254 g/mol. The molecule has 0 amide bonds. The molecule has 0 saturated carbocycles. The minimum absolute atomic E-state index is 0. The first kappa shape index (κ1) is 15.0. The highest BCUT2D eigenvalue weighted by molar-refractivity contribution is 5.85. The molecule has 0 bridgehead atoms. The number of aliphatic hydroxyl groups excluding tert-OH is 1. The third-order valence-electron chi connectivity index (χ3n) is 1.99. The summed E-state index contributed by atoms with van der Waals surface area (Å²) in [5, 5.41) is 8.45. The molecule has 4 nitrogen and oxygen atoms in total. The van der Waals surface area contributed by atoms with Gasteiger partial charge in [0.1, 0.15) is 6.61 Å². The van der Waals surface area contributed by atoms with Crippen LogP contribution in [0.15, 0.2) is 18.3 Å². The molecule has 1 aromatic heterocycles. The topological polar surface area (TPSA) is 68.4 Å². The molecular weight excluding hydrogens is 242 g/mol. The summed E-state index contributed by atoms with van der Waals surface area (Å²) in [6.07, 6.45) is 1.20. The third-order valence-corrected chi connectivity index (χ3v) is 1.99. The summed E-state index contributed by atoms with van der Waals surface area (Å²) in [5.74, 6) is -3.03. The van der Waals surface area contributed by atoms with Gasteiger partial charge in [-0.3, -0.25) is 0 Å². The van der Waals surface area contributed by atoms with Gasteiger partial charge in [0.15, 0.2) is 0 Å². The first-order valence-electron chi connectivity index (χ1n) is 4.25. The minimum atomic E-state index is -3.35. The number of nitrogens with zero attached hydrogens (tertiary/aromatic N) is 1. The SMILES string of the molecule is COc1ccc([C@@H](N)C(F)(F)CO)cn1.Cl. The number of aliphatic hydroxyl groups is 1. The fourth-order valence-electron chi connectivity index (χ4n) is 1.04. The van der Waals surface area contributed by atoms with Crippen molar-refractivity contribution in [1.29, 1.82) is 0 Å². The zero-order valence-electron chi connectivity index (χ0n) is 8.56. The lowest BCUT2D eigenvalue weighted by Crippen LogP contribution is -2.36. The van der Waals surface area contributed by atoms with E-state index in [0.717, 1.165) is 0 Å². The van der Waals surface area contributed by atoms with E-state index in [4.69, 9.17) is 15.6 Å². The molecule has 16 heavy (non-hydrogen) atoms. The summed E-state index contributed by atoms with van der Waals surface area (Å²) in [6.45, 7) is -1.29. The Labute approximate surface area is 97.8 Å². The number of methoxy groups -OCH3 is 1. The summed E-state index contributed by atoms with van der Waals surface area (Å²) in [4.78, 5) is 3.75. The van der Waals surface area contributed by atoms with E-state index in [1.807, 2.05) is 0 Å². The van der Waals surface area contributed by atoms with Gasteiger partial charge in [-0.05, 0) is 5.56 Å². The number of rotatable bonds is 4. The van der Waals surface area contributed by atoms with Crippen molar-refractivity contribution in [1.82, 2.24) is 4.98 Å². The van der Waals surface area contributed by atoms with Gasteiger partial charge in [0, 0.05) is 12.3 Å². The maximum Gasteiger partial charge on any atom is 0.289 e. The van der Waals surface area contributed by atoms with Gasteiger partial charge >= 0.3 is 0 Å². The van der Waals surface area contributed by atoms with Crippen molar-refractivity contribution in [3.63, 3.8) is 0 Å². The lowest BCUT2D eigenvalue weighted by atomic mass is 10.0. The van der Waals surface area contributed by atoms with E-state index in [-0.39, 0.29) is 18.0 Å². The molecule has 0 aliphatic carbocycles. The molecule has 0 spiro atoms. The van der Waals surface area contributed by atoms with Gasteiger partial charge in [-0.2, -0.15) is 0 Å². The highest BCUT2D eigenvalue weighted by Crippen LogP contribution is 2.28. The molecule has 1 rings (SSSR count). The van der Waals surface area contributed by atoms with Gasteiger partial charge in [0.05, 0.1) is 13.2 Å². The molecule has 0 unspecified atom stereocenters. The average molecular weight is 255 g/mol. The third kappa shape index (κ3) is 3.26. The quantitative estimate of drug-likeness (QED) is 0.846. The van der Waals surface area contributed by atoms with Crippen molar-refractivity contribution >= 4 is 12.4 Å². The van der Waals surface area contributed by atoms with Crippen LogP contribution in [0, 0.1) is 0 Å². The molecule has 0 aliphatic heterocycles. The molecular formula is C9H13ClF2N2O2. The number of ether oxygens (including phenoxy) is 1. The van der Waals surface area contributed by atoms with Crippen molar-refractivity contribution in [2.75, 3.05) is 13.7 Å². The van der Waals surface area contributed by atoms with Crippen LogP contribution in [0.2, 0.25) is 0 Å². The molecule has 7 heteroatoms. The van der Waals surface area contributed by atoms with Gasteiger partial charge in [-0.1, -0.05) is 6.07 Å². The minimum Gasteiger partial charge on any atom is -0.481 e. The molecule has 1 atom stereocenters. The van der Waals surface area contributed by atoms with Crippen LogP contribution in [0.1, 0.15) is 11.6 Å². The van der Waals surface area contributed by atoms with E-state index in [1.165, 1.54) is 25.4 Å². The summed E-state index contributed by atoms with van der Waals surface area (Å²) >= 11 is 0. The lowest BCUT2D eigenvalue weighted by molar-refractivity contribution is -0.0712. The van der Waals surface area contributed by atoms with Gasteiger partial charge in [-0.15, -0.1) is 12.4 Å². The molecule has 92 valence electrons. The largest absolute Gasteiger partial charge is 0.481 e. The Hall–Kier alpha value is -0.980. The molecule has 0 aliphatic rings. The maximum atomic E-state index is 13.0. The summed E-state index contributed by atoms with van der Waals surface area (Å²) in [7, 11) is 1.42. The van der Waals surface area contributed by atoms with Crippen LogP contribution in [0.5, 0.6) is 5.88 Å². The summed E-state index contributed by atoms with van der Waals surface area (Å²) in [5.41, 5.74) is 5.43. The predicted octanol–water partition coefficient (Wildman–Crippen LogP) is 1.14. The van der Waals surface area contributed by atoms with E-state index >= 15 is 0 Å². The van der Waals surface area contributed by atoms with Crippen LogP contribution in [0.3, 0.4) is 0 Å². The Morgan fingerprint density at radius 2 is 2.19 bits per heavy atom. The summed E-state index contributed by atoms with van der Waals surface area (Å²) < 4.78 is 30.7. The van der Waals surface area contributed by atoms with E-state index in [2.05, 4.69) is 4.98 Å². The zero-order valence-corrected chi connectivity index (χ0v) is 9.38. The van der Waals surface area contributed by atoms with E-state index in [1.54, 1.807) is 0 Å². The van der Waals surface area contributed by atoms with Crippen LogP contribution >= 0.6 is 12.4 Å². The zero-order chi connectivity index (χ0) is 11.5. The molecule has 0 aromatic carbocycles. The first-order chi connectivity index (χ1) is 7.01. The highest BCUT2D eigenvalue weighted by Gasteiger charge is 2.37. The van der Waals surface area contributed by atoms with Crippen molar-refractivity contribution in [2.24, 2.45) is 5.73 Å². The molecule has 0 radical (unpaired) electrons. The second-order valence-corrected chi connectivity index (χ2v) is 3.03.